The van der Waals surface area contributed by atoms with Gasteiger partial charge in [0.25, 0.3) is 0 Å². The van der Waals surface area contributed by atoms with Gasteiger partial charge in [0.05, 0.1) is 0 Å². The van der Waals surface area contributed by atoms with Crippen molar-refractivity contribution in [2.24, 2.45) is 0 Å². The molecule has 0 fully saturated rings. The second-order valence-electron chi connectivity index (χ2n) is 2.12. The third-order valence-corrected chi connectivity index (χ3v) is 2.93. The molecule has 0 radical (unpaired) electrons. The number of thioether (sulfide) groups is 1. The molecule has 0 N–H and O–H groups in total. The largest absolute Gasteiger partial charge is 0.230 e. The van der Waals surface area contributed by atoms with Gasteiger partial charge in [-0.25, -0.2) is 0 Å². The molecule has 10 heavy (non-hydrogen) atoms. The lowest BCUT2D eigenvalue weighted by Gasteiger charge is -1.86. The van der Waals surface area contributed by atoms with Gasteiger partial charge < -0.3 is 0 Å². The summed E-state index contributed by atoms with van der Waals surface area (Å²) in [4.78, 5) is 0. The van der Waals surface area contributed by atoms with Crippen molar-refractivity contribution in [2.75, 3.05) is 0 Å². The van der Waals surface area contributed by atoms with Crippen molar-refractivity contribution in [2.45, 2.75) is 5.88 Å². The van der Waals surface area contributed by atoms with E-state index < -0.39 is 0 Å². The minimum atomic E-state index is 0.981. The summed E-state index contributed by atoms with van der Waals surface area (Å²) < 4.78 is 3.17. The van der Waals surface area contributed by atoms with Crippen molar-refractivity contribution >= 4 is 28.2 Å². The minimum absolute atomic E-state index is 0.981. The highest BCUT2D eigenvalue weighted by Gasteiger charge is 2.23. The summed E-state index contributed by atoms with van der Waals surface area (Å²) in [5, 5.41) is 0. The lowest BCUT2D eigenvalue weighted by atomic mass is 10.4. The fourth-order valence-corrected chi connectivity index (χ4v) is 2.13. The lowest BCUT2D eigenvalue weighted by molar-refractivity contribution is -0.674. The normalized spacial score (nSPS) is 15.4. The summed E-state index contributed by atoms with van der Waals surface area (Å²) in [6.07, 6.45) is 2.06. The molecule has 0 bridgehead atoms. The van der Waals surface area contributed by atoms with Crippen LogP contribution in [0, 0.1) is 0 Å². The number of rotatable bonds is 0. The Kier molecular flexibility index (Phi) is 1.47. The van der Waals surface area contributed by atoms with Crippen LogP contribution in [0.4, 0.5) is 0 Å². The molecule has 1 aromatic heterocycles. The van der Waals surface area contributed by atoms with Gasteiger partial charge >= 0.3 is 0 Å². The molecule has 50 valence electrons. The molecule has 0 saturated carbocycles. The Morgan fingerprint density at radius 1 is 1.50 bits per heavy atom. The van der Waals surface area contributed by atoms with Crippen molar-refractivity contribution in [3.8, 4) is 0 Å². The van der Waals surface area contributed by atoms with E-state index in [0.29, 0.717) is 0 Å². The number of pyridine rings is 1. The number of fused-ring (bicyclic) bond motifs is 1. The van der Waals surface area contributed by atoms with Crippen molar-refractivity contribution in [1.29, 1.82) is 0 Å². The van der Waals surface area contributed by atoms with Crippen LogP contribution < -0.4 is 4.57 Å². The van der Waals surface area contributed by atoms with E-state index in [1.54, 1.807) is 11.8 Å². The van der Waals surface area contributed by atoms with Crippen LogP contribution in [0.3, 0.4) is 0 Å². The summed E-state index contributed by atoms with van der Waals surface area (Å²) in [5.74, 6) is 0.981. The number of hydrogen-bond acceptors (Lipinski definition) is 2. The van der Waals surface area contributed by atoms with Gasteiger partial charge in [-0.1, -0.05) is 12.2 Å². The van der Waals surface area contributed by atoms with E-state index in [9.17, 15) is 0 Å². The highest BCUT2D eigenvalue weighted by atomic mass is 32.2. The highest BCUT2D eigenvalue weighted by Crippen LogP contribution is 2.16. The first kappa shape index (κ1) is 6.31. The van der Waals surface area contributed by atoms with Crippen LogP contribution in [0.1, 0.15) is 5.69 Å². The average molecular weight is 168 g/mol. The van der Waals surface area contributed by atoms with Crippen LogP contribution in [0.15, 0.2) is 24.4 Å². The second-order valence-corrected chi connectivity index (χ2v) is 3.74. The van der Waals surface area contributed by atoms with E-state index in [4.69, 9.17) is 12.2 Å². The Morgan fingerprint density at radius 2 is 2.40 bits per heavy atom. The monoisotopic (exact) mass is 168 g/mol. The Labute approximate surface area is 69.1 Å². The molecule has 1 nitrogen and oxygen atoms in total. The molecule has 0 aromatic carbocycles. The van der Waals surface area contributed by atoms with E-state index in [2.05, 4.69) is 16.8 Å². The van der Waals surface area contributed by atoms with E-state index in [-0.39, 0.29) is 0 Å². The molecule has 0 unspecified atom stereocenters. The van der Waals surface area contributed by atoms with Gasteiger partial charge in [0.1, 0.15) is 4.20 Å². The van der Waals surface area contributed by atoms with Crippen molar-refractivity contribution in [1.82, 2.24) is 0 Å². The maximum Gasteiger partial charge on any atom is 0.230 e. The van der Waals surface area contributed by atoms with E-state index in [1.807, 2.05) is 12.1 Å². The summed E-state index contributed by atoms with van der Waals surface area (Å²) in [6.45, 7) is 0. The first-order chi connectivity index (χ1) is 4.88. The quantitative estimate of drug-likeness (QED) is 0.425. The zero-order chi connectivity index (χ0) is 6.97. The van der Waals surface area contributed by atoms with Crippen LogP contribution in [0.25, 0.3) is 0 Å². The number of hydrogen-bond donors (Lipinski definition) is 0. The van der Waals surface area contributed by atoms with Gasteiger partial charge in [-0.05, 0) is 17.8 Å². The zero-order valence-corrected chi connectivity index (χ0v) is 6.91. The van der Waals surface area contributed by atoms with Gasteiger partial charge in [0, 0.05) is 12.1 Å². The average Bonchev–Trinajstić information content (AvgIpc) is 2.34. The van der Waals surface area contributed by atoms with E-state index in [0.717, 1.165) is 10.1 Å². The summed E-state index contributed by atoms with van der Waals surface area (Å²) in [6, 6.07) is 6.10. The Balaban J connectivity index is 2.61. The smallest absolute Gasteiger partial charge is 0.187 e. The third kappa shape index (κ3) is 0.859. The van der Waals surface area contributed by atoms with Crippen LogP contribution in [-0.4, -0.2) is 4.20 Å². The Hall–Kier alpha value is -0.410. The van der Waals surface area contributed by atoms with Gasteiger partial charge in [-0.3, -0.25) is 0 Å². The lowest BCUT2D eigenvalue weighted by Crippen LogP contribution is -2.31. The maximum atomic E-state index is 5.12. The predicted octanol–water partition coefficient (Wildman–Crippen LogP) is 1.35. The van der Waals surface area contributed by atoms with Crippen LogP contribution >= 0.6 is 24.0 Å². The molecular formula is C7H6NS2+. The van der Waals surface area contributed by atoms with Gasteiger partial charge in [-0.2, -0.15) is 4.57 Å². The standard InChI is InChI=1S/C7H6NS2/c9-7-6-3-1-2-4-8(6)5-10-7/h1-4H,5H2/q+1. The second kappa shape index (κ2) is 2.32. The van der Waals surface area contributed by atoms with Crippen LogP contribution in [0.2, 0.25) is 0 Å². The molecule has 2 rings (SSSR count). The topological polar surface area (TPSA) is 3.88 Å². The van der Waals surface area contributed by atoms with Crippen LogP contribution in [-0.2, 0) is 5.88 Å². The molecule has 1 aromatic rings. The van der Waals surface area contributed by atoms with E-state index in [1.165, 1.54) is 5.69 Å². The molecule has 0 saturated heterocycles. The number of thiocarbonyl (C=S) groups is 1. The summed E-state index contributed by atoms with van der Waals surface area (Å²) in [5.41, 5.74) is 1.18. The molecular weight excluding hydrogens is 162 g/mol. The van der Waals surface area contributed by atoms with Crippen molar-refractivity contribution < 1.29 is 4.57 Å². The molecule has 2 heterocycles. The zero-order valence-electron chi connectivity index (χ0n) is 5.28. The first-order valence-electron chi connectivity index (χ1n) is 3.03. The van der Waals surface area contributed by atoms with Crippen molar-refractivity contribution in [3.63, 3.8) is 0 Å². The molecule has 0 aliphatic carbocycles. The molecule has 3 heteroatoms. The Morgan fingerprint density at radius 3 is 3.20 bits per heavy atom. The predicted molar refractivity (Wildman–Crippen MR) is 45.9 cm³/mol. The molecule has 0 amide bonds. The van der Waals surface area contributed by atoms with Gasteiger partial charge in [0.2, 0.25) is 11.6 Å². The number of nitrogens with zero attached hydrogens (tertiary/aromatic N) is 1. The van der Waals surface area contributed by atoms with Gasteiger partial charge in [-0.15, -0.1) is 0 Å². The van der Waals surface area contributed by atoms with E-state index >= 15 is 0 Å². The van der Waals surface area contributed by atoms with Crippen LogP contribution in [0.5, 0.6) is 0 Å². The summed E-state index contributed by atoms with van der Waals surface area (Å²) >= 11 is 6.84. The van der Waals surface area contributed by atoms with Gasteiger partial charge in [0.15, 0.2) is 6.20 Å². The molecule has 1 aliphatic rings. The Bertz CT molecular complexity index is 283. The highest BCUT2D eigenvalue weighted by molar-refractivity contribution is 8.23. The first-order valence-corrected chi connectivity index (χ1v) is 4.43. The SMILES string of the molecule is S=C1SC[n+]2ccccc21. The maximum absolute atomic E-state index is 5.12. The van der Waals surface area contributed by atoms with Crippen molar-refractivity contribution in [3.05, 3.63) is 30.1 Å². The molecule has 1 aliphatic heterocycles. The summed E-state index contributed by atoms with van der Waals surface area (Å²) in [7, 11) is 0. The minimum Gasteiger partial charge on any atom is -0.187 e. The molecule has 0 atom stereocenters. The third-order valence-electron chi connectivity index (χ3n) is 1.48. The molecule has 0 spiro atoms. The fourth-order valence-electron chi connectivity index (χ4n) is 0.976. The fraction of sp³-hybridized carbons (Fsp3) is 0.143. The number of aromatic nitrogens is 1.